The second-order valence-electron chi connectivity index (χ2n) is 12.0. The topological polar surface area (TPSA) is 75.1 Å². The number of nitrogens with zero attached hydrogens (tertiary/aromatic N) is 5. The summed E-state index contributed by atoms with van der Waals surface area (Å²) in [6, 6.07) is 26.8. The van der Waals surface area contributed by atoms with Crippen LogP contribution in [0.25, 0.3) is 11.4 Å². The van der Waals surface area contributed by atoms with Gasteiger partial charge in [-0.05, 0) is 73.0 Å². The molecule has 0 bridgehead atoms. The van der Waals surface area contributed by atoms with Gasteiger partial charge in [0.15, 0.2) is 28.8 Å². The monoisotopic (exact) mass is 620 g/mol. The van der Waals surface area contributed by atoms with Crippen molar-refractivity contribution in [2.24, 2.45) is 4.99 Å². The van der Waals surface area contributed by atoms with Gasteiger partial charge < -0.3 is 24.6 Å². The third-order valence-corrected chi connectivity index (χ3v) is 8.75. The Balaban J connectivity index is 1.47. The van der Waals surface area contributed by atoms with E-state index < -0.39 is 0 Å². The molecule has 1 aromatic heterocycles. The minimum Gasteiger partial charge on any atom is -0.453 e. The van der Waals surface area contributed by atoms with Gasteiger partial charge in [0.2, 0.25) is 0 Å². The largest absolute Gasteiger partial charge is 0.453 e. The van der Waals surface area contributed by atoms with Crippen LogP contribution >= 0.6 is 0 Å². The van der Waals surface area contributed by atoms with E-state index in [9.17, 15) is 0 Å². The van der Waals surface area contributed by atoms with E-state index in [1.165, 1.54) is 5.56 Å². The molecule has 1 unspecified atom stereocenters. The Morgan fingerprint density at radius 1 is 0.809 bits per heavy atom. The molecule has 0 fully saturated rings. The van der Waals surface area contributed by atoms with Gasteiger partial charge in [0.1, 0.15) is 6.17 Å². The number of aliphatic imine (C=N–C) groups is 1. The lowest BCUT2D eigenvalue weighted by Crippen LogP contribution is -2.25. The third-order valence-electron chi connectivity index (χ3n) is 8.75. The molecule has 4 heterocycles. The van der Waals surface area contributed by atoms with Crippen LogP contribution in [0.3, 0.4) is 0 Å². The number of nitrogens with one attached hydrogen (secondary N) is 1. The van der Waals surface area contributed by atoms with Crippen LogP contribution in [0.1, 0.15) is 49.7 Å². The first-order valence-electron chi connectivity index (χ1n) is 16.3. The van der Waals surface area contributed by atoms with Crippen LogP contribution in [-0.2, 0) is 12.8 Å². The summed E-state index contributed by atoms with van der Waals surface area (Å²) in [4.78, 5) is 19.5. The van der Waals surface area contributed by atoms with Gasteiger partial charge in [-0.25, -0.2) is 9.97 Å². The van der Waals surface area contributed by atoms with Gasteiger partial charge in [0.25, 0.3) is 0 Å². The maximum absolute atomic E-state index is 6.75. The van der Waals surface area contributed by atoms with E-state index in [-0.39, 0.29) is 6.17 Å². The second kappa shape index (κ2) is 11.9. The normalized spacial score (nSPS) is 15.5. The quantitative estimate of drug-likeness (QED) is 0.190. The molecule has 0 aliphatic carbocycles. The van der Waals surface area contributed by atoms with Crippen LogP contribution < -0.4 is 19.7 Å². The number of aryl methyl sites for hydroxylation is 2. The predicted octanol–water partition coefficient (Wildman–Crippen LogP) is 10.0. The Kier molecular flexibility index (Phi) is 7.33. The van der Waals surface area contributed by atoms with E-state index >= 15 is 0 Å². The zero-order valence-corrected chi connectivity index (χ0v) is 26.8. The average Bonchev–Trinajstić information content (AvgIpc) is 3.10. The Hall–Kier alpha value is -5.63. The van der Waals surface area contributed by atoms with Crippen molar-refractivity contribution >= 4 is 34.7 Å². The van der Waals surface area contributed by atoms with E-state index in [0.29, 0.717) is 11.6 Å². The number of para-hydroxylation sites is 4. The molecule has 0 saturated heterocycles. The number of ether oxygens (including phenoxy) is 2. The summed E-state index contributed by atoms with van der Waals surface area (Å²) >= 11 is 0. The van der Waals surface area contributed by atoms with Crippen molar-refractivity contribution in [3.8, 4) is 34.4 Å². The fourth-order valence-corrected chi connectivity index (χ4v) is 6.64. The van der Waals surface area contributed by atoms with Crippen LogP contribution in [0.4, 0.5) is 28.4 Å². The summed E-state index contributed by atoms with van der Waals surface area (Å²) in [7, 11) is 2.05. The van der Waals surface area contributed by atoms with E-state index in [4.69, 9.17) is 24.4 Å². The van der Waals surface area contributed by atoms with Gasteiger partial charge in [-0.3, -0.25) is 4.99 Å². The molecule has 4 aromatic carbocycles. The summed E-state index contributed by atoms with van der Waals surface area (Å²) < 4.78 is 13.2. The third kappa shape index (κ3) is 5.06. The van der Waals surface area contributed by atoms with Crippen molar-refractivity contribution in [1.29, 1.82) is 0 Å². The molecule has 3 aliphatic heterocycles. The minimum absolute atomic E-state index is 0.336. The molecule has 5 aromatic rings. The highest BCUT2D eigenvalue weighted by Crippen LogP contribution is 2.59. The molecule has 8 rings (SSSR count). The minimum atomic E-state index is -0.336. The number of fused-ring (bicyclic) bond motifs is 4. The first kappa shape index (κ1) is 28.8. The van der Waals surface area contributed by atoms with Gasteiger partial charge >= 0.3 is 0 Å². The summed E-state index contributed by atoms with van der Waals surface area (Å²) in [5.74, 6) is 3.63. The maximum atomic E-state index is 6.75. The first-order chi connectivity index (χ1) is 23.1. The van der Waals surface area contributed by atoms with Gasteiger partial charge in [-0.15, -0.1) is 0 Å². The molecular weight excluding hydrogens is 584 g/mol. The van der Waals surface area contributed by atoms with E-state index in [2.05, 4.69) is 65.4 Å². The number of rotatable bonds is 7. The highest BCUT2D eigenvalue weighted by atomic mass is 16.5. The summed E-state index contributed by atoms with van der Waals surface area (Å²) in [6.45, 7) is 4.37. The smallest absolute Gasteiger partial charge is 0.163 e. The van der Waals surface area contributed by atoms with Crippen molar-refractivity contribution < 1.29 is 9.47 Å². The zero-order valence-electron chi connectivity index (χ0n) is 26.8. The molecule has 0 saturated carbocycles. The summed E-state index contributed by atoms with van der Waals surface area (Å²) in [5, 5.41) is 3.80. The van der Waals surface area contributed by atoms with Crippen LogP contribution in [0.5, 0.6) is 23.0 Å². The molecule has 0 spiro atoms. The lowest BCUT2D eigenvalue weighted by molar-refractivity contribution is 0.345. The lowest BCUT2D eigenvalue weighted by Gasteiger charge is -2.38. The molecule has 3 aliphatic rings. The Morgan fingerprint density at radius 3 is 2.30 bits per heavy atom. The number of hydrogen-bond donors (Lipinski definition) is 1. The standard InChI is InChI=1S/C39H36N6O2/c1-4-11-25-17-18-31-28(23-25)43-36-34(46-31)24-27(39-41-20-10-22-44(39)3)37(35(36)38-40-21-19-26(42-38)12-5-2)45-29-13-6-8-15-32(29)47-33-16-9-7-14-30(33)45/h6-10,13-24,39,43H,4-5,11-12H2,1-3H3. The van der Waals surface area contributed by atoms with E-state index in [1.54, 1.807) is 0 Å². The summed E-state index contributed by atoms with van der Waals surface area (Å²) in [6.07, 6.45) is 11.3. The summed E-state index contributed by atoms with van der Waals surface area (Å²) in [5.41, 5.74) is 8.52. The van der Waals surface area contributed by atoms with Crippen molar-refractivity contribution in [2.75, 3.05) is 17.3 Å². The second-order valence-corrected chi connectivity index (χ2v) is 12.0. The molecule has 8 heteroatoms. The molecular formula is C39H36N6O2. The van der Waals surface area contributed by atoms with Crippen molar-refractivity contribution in [1.82, 2.24) is 14.9 Å². The van der Waals surface area contributed by atoms with E-state index in [0.717, 1.165) is 88.2 Å². The number of aromatic nitrogens is 2. The molecule has 234 valence electrons. The number of anilines is 5. The Labute approximate surface area is 275 Å². The molecule has 47 heavy (non-hydrogen) atoms. The van der Waals surface area contributed by atoms with Crippen LogP contribution in [-0.4, -0.2) is 28.1 Å². The van der Waals surface area contributed by atoms with Crippen molar-refractivity contribution in [3.63, 3.8) is 0 Å². The Bertz CT molecular complexity index is 2010. The van der Waals surface area contributed by atoms with Crippen LogP contribution in [0, 0.1) is 0 Å². The van der Waals surface area contributed by atoms with Gasteiger partial charge in [-0.1, -0.05) is 57.0 Å². The average molecular weight is 621 g/mol. The van der Waals surface area contributed by atoms with Gasteiger partial charge in [0, 0.05) is 36.9 Å². The number of benzene rings is 4. The van der Waals surface area contributed by atoms with Gasteiger partial charge in [-0.2, -0.15) is 0 Å². The number of allylic oxidation sites excluding steroid dienone is 1. The van der Waals surface area contributed by atoms with Gasteiger partial charge in [0.05, 0.1) is 34.0 Å². The fraction of sp³-hybridized carbons (Fsp3) is 0.205. The van der Waals surface area contributed by atoms with Crippen molar-refractivity contribution in [2.45, 2.75) is 45.7 Å². The molecule has 8 nitrogen and oxygen atoms in total. The predicted molar refractivity (Wildman–Crippen MR) is 188 cm³/mol. The van der Waals surface area contributed by atoms with Crippen molar-refractivity contribution in [3.05, 3.63) is 114 Å². The molecule has 0 amide bonds. The van der Waals surface area contributed by atoms with Crippen LogP contribution in [0.2, 0.25) is 0 Å². The molecule has 1 atom stereocenters. The zero-order chi connectivity index (χ0) is 31.9. The first-order valence-corrected chi connectivity index (χ1v) is 16.3. The number of hydrogen-bond acceptors (Lipinski definition) is 8. The molecule has 0 radical (unpaired) electrons. The molecule has 1 N–H and O–H groups in total. The van der Waals surface area contributed by atoms with Crippen LogP contribution in [0.15, 0.2) is 102 Å². The highest BCUT2D eigenvalue weighted by Gasteiger charge is 2.37. The highest BCUT2D eigenvalue weighted by molar-refractivity contribution is 6.01. The Morgan fingerprint density at radius 2 is 1.55 bits per heavy atom. The fourth-order valence-electron chi connectivity index (χ4n) is 6.64. The lowest BCUT2D eigenvalue weighted by atomic mass is 9.95. The SMILES string of the molecule is CCCc1ccc2c(c1)Nc1c(cc(C3N=CC=CN3C)c(N3c4ccccc4Oc4ccccc43)c1-c1nccc(CCC)n1)O2. The van der Waals surface area contributed by atoms with E-state index in [1.807, 2.05) is 74.2 Å². The maximum Gasteiger partial charge on any atom is 0.163 e.